The highest BCUT2D eigenvalue weighted by molar-refractivity contribution is 5.98. The lowest BCUT2D eigenvalue weighted by atomic mass is 10.1. The number of nitrogens with two attached hydrogens (primary N) is 1. The summed E-state index contributed by atoms with van der Waals surface area (Å²) in [6, 6.07) is 4.74. The molecule has 1 aromatic rings. The Bertz CT molecular complexity index is 509. The number of hydrogen-bond acceptors (Lipinski definition) is 4. The minimum atomic E-state index is -2.96. The van der Waals surface area contributed by atoms with Gasteiger partial charge in [-0.1, -0.05) is 24.6 Å². The van der Waals surface area contributed by atoms with Gasteiger partial charge in [0.2, 0.25) is 0 Å². The van der Waals surface area contributed by atoms with Gasteiger partial charge in [-0.05, 0) is 24.6 Å². The van der Waals surface area contributed by atoms with E-state index in [1.54, 1.807) is 0 Å². The molecule has 1 unspecified atom stereocenters. The molecule has 0 bridgehead atoms. The molecule has 0 spiro atoms. The average molecular weight is 301 g/mol. The van der Waals surface area contributed by atoms with E-state index in [0.29, 0.717) is 12.8 Å². The van der Waals surface area contributed by atoms with E-state index < -0.39 is 18.6 Å². The molecule has 0 fully saturated rings. The number of oxime groups is 1. The predicted molar refractivity (Wildman–Crippen MR) is 72.6 cm³/mol. The summed E-state index contributed by atoms with van der Waals surface area (Å²) in [7, 11) is 0. The first-order chi connectivity index (χ1) is 9.97. The fraction of sp³-hybridized carbons (Fsp3) is 0.385. The fourth-order valence-corrected chi connectivity index (χ4v) is 1.71. The minimum Gasteiger partial charge on any atom is -0.435 e. The van der Waals surface area contributed by atoms with E-state index in [2.05, 4.69) is 15.2 Å². The molecule has 21 heavy (non-hydrogen) atoms. The second kappa shape index (κ2) is 8.03. The number of nitrogens with zero attached hydrogens (tertiary/aromatic N) is 1. The van der Waals surface area contributed by atoms with Crippen molar-refractivity contribution in [3.05, 3.63) is 29.8 Å². The van der Waals surface area contributed by atoms with Gasteiger partial charge in [0.25, 0.3) is 5.91 Å². The van der Waals surface area contributed by atoms with Crippen molar-refractivity contribution in [1.82, 2.24) is 5.32 Å². The molecule has 8 heteroatoms. The average Bonchev–Trinajstić information content (AvgIpc) is 2.45. The van der Waals surface area contributed by atoms with Crippen molar-refractivity contribution >= 4 is 11.7 Å². The third kappa shape index (κ3) is 5.25. The van der Waals surface area contributed by atoms with Crippen LogP contribution in [0.2, 0.25) is 0 Å². The third-order valence-corrected chi connectivity index (χ3v) is 2.68. The van der Waals surface area contributed by atoms with E-state index in [1.807, 2.05) is 6.92 Å². The standard InChI is InChI=1S/C13H17F2N3O3/c1-2-4-10(11(16)18-20)17-12(19)8-5-3-6-9(7-8)21-13(14)15/h3,5-7,10,13,20H,2,4H2,1H3,(H2,16,18)(H,17,19). The van der Waals surface area contributed by atoms with Crippen LogP contribution in [-0.4, -0.2) is 29.6 Å². The third-order valence-electron chi connectivity index (χ3n) is 2.68. The number of rotatable bonds is 7. The van der Waals surface area contributed by atoms with E-state index in [4.69, 9.17) is 10.9 Å². The summed E-state index contributed by atoms with van der Waals surface area (Å²) in [5.74, 6) is -0.765. The van der Waals surface area contributed by atoms with Crippen molar-refractivity contribution in [1.29, 1.82) is 0 Å². The van der Waals surface area contributed by atoms with Crippen LogP contribution < -0.4 is 15.8 Å². The normalized spacial score (nSPS) is 13.0. The Morgan fingerprint density at radius 2 is 2.24 bits per heavy atom. The number of ether oxygens (including phenoxy) is 1. The molecule has 0 aromatic heterocycles. The second-order valence-electron chi connectivity index (χ2n) is 4.25. The molecular formula is C13H17F2N3O3. The number of amides is 1. The molecule has 116 valence electrons. The van der Waals surface area contributed by atoms with Crippen molar-refractivity contribution in [2.24, 2.45) is 10.9 Å². The number of carbonyl (C=O) groups is 1. The lowest BCUT2D eigenvalue weighted by Crippen LogP contribution is -2.44. The molecule has 0 saturated heterocycles. The summed E-state index contributed by atoms with van der Waals surface area (Å²) in [6.45, 7) is -1.09. The zero-order chi connectivity index (χ0) is 15.8. The van der Waals surface area contributed by atoms with Gasteiger partial charge in [0.05, 0.1) is 6.04 Å². The maximum absolute atomic E-state index is 12.1. The monoisotopic (exact) mass is 301 g/mol. The van der Waals surface area contributed by atoms with E-state index in [0.717, 1.165) is 0 Å². The molecule has 0 aliphatic heterocycles. The van der Waals surface area contributed by atoms with Crippen molar-refractivity contribution in [2.75, 3.05) is 0 Å². The molecule has 1 amide bonds. The van der Waals surface area contributed by atoms with E-state index in [1.165, 1.54) is 24.3 Å². The van der Waals surface area contributed by atoms with Crippen molar-refractivity contribution in [2.45, 2.75) is 32.4 Å². The quantitative estimate of drug-likeness (QED) is 0.310. The number of alkyl halides is 2. The molecule has 0 heterocycles. The molecule has 1 aromatic carbocycles. The van der Waals surface area contributed by atoms with Crippen LogP contribution in [0.15, 0.2) is 29.4 Å². The Hall–Kier alpha value is -2.38. The van der Waals surface area contributed by atoms with Crippen LogP contribution in [0.1, 0.15) is 30.1 Å². The Morgan fingerprint density at radius 1 is 1.52 bits per heavy atom. The lowest BCUT2D eigenvalue weighted by Gasteiger charge is -2.16. The first-order valence-corrected chi connectivity index (χ1v) is 6.31. The molecule has 0 radical (unpaired) electrons. The van der Waals surface area contributed by atoms with E-state index in [9.17, 15) is 13.6 Å². The summed E-state index contributed by atoms with van der Waals surface area (Å²) in [4.78, 5) is 12.0. The van der Waals surface area contributed by atoms with Gasteiger partial charge in [0.15, 0.2) is 5.84 Å². The maximum Gasteiger partial charge on any atom is 0.387 e. The predicted octanol–water partition coefficient (Wildman–Crippen LogP) is 1.93. The maximum atomic E-state index is 12.1. The number of benzene rings is 1. The van der Waals surface area contributed by atoms with Crippen molar-refractivity contribution in [3.63, 3.8) is 0 Å². The Balaban J connectivity index is 2.82. The summed E-state index contributed by atoms with van der Waals surface area (Å²) < 4.78 is 28.5. The molecule has 4 N–H and O–H groups in total. The zero-order valence-corrected chi connectivity index (χ0v) is 11.4. The molecule has 0 aliphatic rings. The highest BCUT2D eigenvalue weighted by atomic mass is 19.3. The van der Waals surface area contributed by atoms with E-state index in [-0.39, 0.29) is 17.1 Å². The van der Waals surface area contributed by atoms with Gasteiger partial charge in [0, 0.05) is 5.56 Å². The van der Waals surface area contributed by atoms with Gasteiger partial charge in [-0.25, -0.2) is 0 Å². The lowest BCUT2D eigenvalue weighted by molar-refractivity contribution is -0.0498. The highest BCUT2D eigenvalue weighted by Crippen LogP contribution is 2.16. The van der Waals surface area contributed by atoms with Gasteiger partial charge in [-0.15, -0.1) is 0 Å². The van der Waals surface area contributed by atoms with Crippen LogP contribution in [0, 0.1) is 0 Å². The minimum absolute atomic E-state index is 0.117. The SMILES string of the molecule is CCCC(NC(=O)c1cccc(OC(F)F)c1)/C(N)=N/O. The van der Waals surface area contributed by atoms with Gasteiger partial charge in [0.1, 0.15) is 5.75 Å². The Kier molecular flexibility index (Phi) is 6.38. The van der Waals surface area contributed by atoms with Crippen LogP contribution in [0.3, 0.4) is 0 Å². The van der Waals surface area contributed by atoms with Gasteiger partial charge in [-0.2, -0.15) is 8.78 Å². The molecular weight excluding hydrogens is 284 g/mol. The number of amidine groups is 1. The molecule has 1 atom stereocenters. The molecule has 1 rings (SSSR count). The first-order valence-electron chi connectivity index (χ1n) is 6.31. The first kappa shape index (κ1) is 16.7. The van der Waals surface area contributed by atoms with Gasteiger partial charge >= 0.3 is 6.61 Å². The number of carbonyl (C=O) groups excluding carboxylic acids is 1. The van der Waals surface area contributed by atoms with Crippen LogP contribution >= 0.6 is 0 Å². The highest BCUT2D eigenvalue weighted by Gasteiger charge is 2.17. The molecule has 6 nitrogen and oxygen atoms in total. The summed E-state index contributed by atoms with van der Waals surface area (Å²) >= 11 is 0. The Labute approximate surface area is 120 Å². The van der Waals surface area contributed by atoms with Gasteiger partial charge in [-0.3, -0.25) is 4.79 Å². The van der Waals surface area contributed by atoms with Crippen LogP contribution in [-0.2, 0) is 0 Å². The summed E-state index contributed by atoms with van der Waals surface area (Å²) in [6.07, 6.45) is 1.19. The number of halogens is 2. The number of nitrogens with one attached hydrogen (secondary N) is 1. The molecule has 0 saturated carbocycles. The van der Waals surface area contributed by atoms with Crippen LogP contribution in [0.5, 0.6) is 5.75 Å². The summed E-state index contributed by atoms with van der Waals surface area (Å²) in [5, 5.41) is 14.1. The Morgan fingerprint density at radius 3 is 2.81 bits per heavy atom. The topological polar surface area (TPSA) is 96.9 Å². The smallest absolute Gasteiger partial charge is 0.387 e. The fourth-order valence-electron chi connectivity index (χ4n) is 1.71. The van der Waals surface area contributed by atoms with Crippen molar-refractivity contribution < 1.29 is 23.5 Å². The molecule has 0 aliphatic carbocycles. The second-order valence-corrected chi connectivity index (χ2v) is 4.25. The van der Waals surface area contributed by atoms with Crippen LogP contribution in [0.4, 0.5) is 8.78 Å². The summed E-state index contributed by atoms with van der Waals surface area (Å²) in [5.41, 5.74) is 5.63. The van der Waals surface area contributed by atoms with Crippen LogP contribution in [0.25, 0.3) is 0 Å². The largest absolute Gasteiger partial charge is 0.435 e. The van der Waals surface area contributed by atoms with E-state index >= 15 is 0 Å². The van der Waals surface area contributed by atoms with Crippen molar-refractivity contribution in [3.8, 4) is 5.75 Å². The van der Waals surface area contributed by atoms with Gasteiger partial charge < -0.3 is 21.0 Å². The zero-order valence-electron chi connectivity index (χ0n) is 11.4. The number of hydrogen-bond donors (Lipinski definition) is 3.